The molecule has 0 bridgehead atoms. The van der Waals surface area contributed by atoms with Crippen molar-refractivity contribution in [2.75, 3.05) is 13.2 Å². The average molecular weight is 579 g/mol. The predicted octanol–water partition coefficient (Wildman–Crippen LogP) is 5.48. The third kappa shape index (κ3) is 4.54. The monoisotopic (exact) mass is 578 g/mol. The maximum atomic E-state index is 14.1. The number of rotatable bonds is 9. The van der Waals surface area contributed by atoms with Gasteiger partial charge in [-0.3, -0.25) is 14.4 Å². The van der Waals surface area contributed by atoms with Gasteiger partial charge in [0.1, 0.15) is 0 Å². The first kappa shape index (κ1) is 30.8. The first-order valence-electron chi connectivity index (χ1n) is 14.7. The first-order valence-corrected chi connectivity index (χ1v) is 15.1. The number of ketones is 2. The topological polar surface area (TPSA) is 116 Å². The van der Waals surface area contributed by atoms with Gasteiger partial charge in [0.2, 0.25) is 5.78 Å². The minimum absolute atomic E-state index is 0.0865. The van der Waals surface area contributed by atoms with Gasteiger partial charge in [-0.2, -0.15) is 0 Å². The molecular formula is C31H43ClO8. The van der Waals surface area contributed by atoms with Crippen LogP contribution in [0.25, 0.3) is 0 Å². The van der Waals surface area contributed by atoms with E-state index in [1.807, 2.05) is 40.7 Å². The molecule has 40 heavy (non-hydrogen) atoms. The second-order valence-electron chi connectivity index (χ2n) is 12.5. The maximum absolute atomic E-state index is 14.1. The molecule has 3 saturated carbocycles. The standard InChI is InChI=1S/C31H43ClO8/c1-6-8-9-26(36)39-18-25(35)31(40-27(37)38-14-7-2)19(3)15-23-22-11-10-20-16-21(33)12-13-28(20,4)30(22,32)24(34)17-29(23,31)5/h12-13,16,19,22-24,34H,6-11,14-15,17-18H2,1-5H3/t19-,22+,23+,24?,28+,29+,30+,31+/m1/s1. The number of alkyl halides is 1. The van der Waals surface area contributed by atoms with E-state index in [1.165, 1.54) is 6.08 Å². The van der Waals surface area contributed by atoms with Gasteiger partial charge in [-0.1, -0.05) is 52.7 Å². The van der Waals surface area contributed by atoms with E-state index in [-0.39, 0.29) is 37.1 Å². The molecule has 0 amide bonds. The zero-order valence-electron chi connectivity index (χ0n) is 24.3. The van der Waals surface area contributed by atoms with Gasteiger partial charge >= 0.3 is 12.1 Å². The first-order chi connectivity index (χ1) is 18.8. The Morgan fingerprint density at radius 3 is 2.52 bits per heavy atom. The quantitative estimate of drug-likeness (QED) is 0.282. The van der Waals surface area contributed by atoms with E-state index < -0.39 is 57.8 Å². The number of hydrogen-bond donors (Lipinski definition) is 1. The number of unbranched alkanes of at least 4 members (excludes halogenated alkanes) is 1. The summed E-state index contributed by atoms with van der Waals surface area (Å²) in [6.45, 7) is 9.15. The van der Waals surface area contributed by atoms with E-state index in [9.17, 15) is 24.3 Å². The Morgan fingerprint density at radius 1 is 1.12 bits per heavy atom. The molecule has 0 heterocycles. The van der Waals surface area contributed by atoms with Crippen molar-refractivity contribution in [2.24, 2.45) is 28.6 Å². The van der Waals surface area contributed by atoms with Gasteiger partial charge < -0.3 is 19.3 Å². The fourth-order valence-electron chi connectivity index (χ4n) is 8.39. The van der Waals surface area contributed by atoms with Crippen molar-refractivity contribution in [1.29, 1.82) is 0 Å². The number of halogens is 1. The van der Waals surface area contributed by atoms with E-state index in [2.05, 4.69) is 0 Å². The van der Waals surface area contributed by atoms with Crippen molar-refractivity contribution in [3.8, 4) is 0 Å². The van der Waals surface area contributed by atoms with Gasteiger partial charge in [0, 0.05) is 23.2 Å². The largest absolute Gasteiger partial charge is 0.509 e. The lowest BCUT2D eigenvalue weighted by Gasteiger charge is -2.64. The molecule has 8 nitrogen and oxygen atoms in total. The molecule has 0 saturated heterocycles. The van der Waals surface area contributed by atoms with Crippen LogP contribution in [0.4, 0.5) is 4.79 Å². The van der Waals surface area contributed by atoms with Crippen molar-refractivity contribution in [2.45, 2.75) is 103 Å². The normalized spacial score (nSPS) is 39.9. The highest BCUT2D eigenvalue weighted by Crippen LogP contribution is 2.72. The van der Waals surface area contributed by atoms with Crippen LogP contribution in [0.15, 0.2) is 23.8 Å². The SMILES string of the molecule is CCCCC(=O)OCC(=O)[C@@]1(OC(=O)OCCC)[C@H](C)C[C@H]2[C@@H]3CCC4=CC(=O)C=C[C@]4(C)[C@@]3(Cl)C(O)C[C@@]21C. The van der Waals surface area contributed by atoms with Crippen LogP contribution >= 0.6 is 11.6 Å². The van der Waals surface area contributed by atoms with E-state index >= 15 is 0 Å². The zero-order valence-corrected chi connectivity index (χ0v) is 25.1. The number of ether oxygens (including phenoxy) is 3. The van der Waals surface area contributed by atoms with E-state index in [4.69, 9.17) is 25.8 Å². The van der Waals surface area contributed by atoms with Crippen LogP contribution < -0.4 is 0 Å². The lowest BCUT2D eigenvalue weighted by Crippen LogP contribution is -2.69. The molecule has 1 N–H and O–H groups in total. The fourth-order valence-corrected chi connectivity index (χ4v) is 8.91. The molecule has 4 aliphatic rings. The highest BCUT2D eigenvalue weighted by atomic mass is 35.5. The van der Waals surface area contributed by atoms with E-state index in [1.54, 1.807) is 6.08 Å². The summed E-state index contributed by atoms with van der Waals surface area (Å²) in [4.78, 5) is 50.5. The minimum Gasteiger partial charge on any atom is -0.457 e. The minimum atomic E-state index is -1.68. The second-order valence-corrected chi connectivity index (χ2v) is 13.2. The number of Topliss-reactive ketones (excluding diaryl/α,β-unsaturated/α-hetero) is 1. The van der Waals surface area contributed by atoms with Gasteiger partial charge in [-0.25, -0.2) is 4.79 Å². The average Bonchev–Trinajstić information content (AvgIpc) is 3.12. The van der Waals surface area contributed by atoms with Crippen LogP contribution in [-0.4, -0.2) is 58.6 Å². The zero-order chi connectivity index (χ0) is 29.5. The van der Waals surface area contributed by atoms with Gasteiger partial charge in [-0.05, 0) is 62.5 Å². The number of fused-ring (bicyclic) bond motifs is 5. The Bertz CT molecular complexity index is 1110. The van der Waals surface area contributed by atoms with Gasteiger partial charge in [-0.15, -0.1) is 11.6 Å². The Hall–Kier alpha value is -2.19. The smallest absolute Gasteiger partial charge is 0.457 e. The third-order valence-corrected chi connectivity index (χ3v) is 11.3. The number of carbonyl (C=O) groups excluding carboxylic acids is 4. The summed E-state index contributed by atoms with van der Waals surface area (Å²) in [5, 5.41) is 11.9. The van der Waals surface area contributed by atoms with Crippen molar-refractivity contribution in [1.82, 2.24) is 0 Å². The van der Waals surface area contributed by atoms with Crippen molar-refractivity contribution in [3.63, 3.8) is 0 Å². The number of hydrogen-bond acceptors (Lipinski definition) is 8. The summed E-state index contributed by atoms with van der Waals surface area (Å²) in [6.07, 6.45) is 7.05. The summed E-state index contributed by atoms with van der Waals surface area (Å²) in [5.41, 5.74) is -2.53. The molecule has 0 aromatic carbocycles. The molecule has 0 aromatic rings. The van der Waals surface area contributed by atoms with E-state index in [0.717, 1.165) is 12.0 Å². The number of aliphatic hydroxyl groups is 1. The molecule has 0 radical (unpaired) electrons. The number of allylic oxidation sites excluding steroid dienone is 4. The van der Waals surface area contributed by atoms with Crippen LogP contribution in [0, 0.1) is 28.6 Å². The van der Waals surface area contributed by atoms with E-state index in [0.29, 0.717) is 32.1 Å². The molecule has 0 aliphatic heterocycles. The van der Waals surface area contributed by atoms with Crippen LogP contribution in [0.1, 0.15) is 86.0 Å². The lowest BCUT2D eigenvalue weighted by atomic mass is 9.45. The van der Waals surface area contributed by atoms with Gasteiger partial charge in [0.25, 0.3) is 0 Å². The van der Waals surface area contributed by atoms with Crippen molar-refractivity contribution in [3.05, 3.63) is 23.8 Å². The molecule has 9 heteroatoms. The van der Waals surface area contributed by atoms with Crippen molar-refractivity contribution < 1.29 is 38.5 Å². The van der Waals surface area contributed by atoms with Gasteiger partial charge in [0.15, 0.2) is 18.0 Å². The summed E-state index contributed by atoms with van der Waals surface area (Å²) >= 11 is 7.52. The highest BCUT2D eigenvalue weighted by Gasteiger charge is 2.76. The molecule has 8 atom stereocenters. The number of esters is 1. The highest BCUT2D eigenvalue weighted by molar-refractivity contribution is 6.26. The summed E-state index contributed by atoms with van der Waals surface area (Å²) in [7, 11) is 0. The van der Waals surface area contributed by atoms with Crippen LogP contribution in [-0.2, 0) is 28.6 Å². The molecule has 3 fully saturated rings. The number of carbonyl (C=O) groups is 4. The number of aliphatic hydroxyl groups excluding tert-OH is 1. The molecule has 222 valence electrons. The molecule has 0 spiro atoms. The second kappa shape index (κ2) is 11.2. The molecule has 4 rings (SSSR count). The Morgan fingerprint density at radius 2 is 1.85 bits per heavy atom. The third-order valence-electron chi connectivity index (χ3n) is 10.4. The van der Waals surface area contributed by atoms with Crippen LogP contribution in [0.5, 0.6) is 0 Å². The Kier molecular flexibility index (Phi) is 8.64. The molecular weight excluding hydrogens is 536 g/mol. The predicted molar refractivity (Wildman–Crippen MR) is 149 cm³/mol. The van der Waals surface area contributed by atoms with Crippen molar-refractivity contribution >= 4 is 35.3 Å². The van der Waals surface area contributed by atoms with Crippen LogP contribution in [0.3, 0.4) is 0 Å². The fraction of sp³-hybridized carbons (Fsp3) is 0.742. The Balaban J connectivity index is 1.74. The lowest BCUT2D eigenvalue weighted by molar-refractivity contribution is -0.187. The maximum Gasteiger partial charge on any atom is 0.509 e. The molecule has 1 unspecified atom stereocenters. The molecule has 4 aliphatic carbocycles. The summed E-state index contributed by atoms with van der Waals surface area (Å²) in [6, 6.07) is 0. The van der Waals surface area contributed by atoms with Gasteiger partial charge in [0.05, 0.1) is 17.6 Å². The molecule has 0 aromatic heterocycles. The summed E-state index contributed by atoms with van der Waals surface area (Å²) < 4.78 is 16.7. The Labute approximate surface area is 241 Å². The van der Waals surface area contributed by atoms with Crippen LogP contribution in [0.2, 0.25) is 0 Å². The summed E-state index contributed by atoms with van der Waals surface area (Å²) in [5.74, 6) is -1.95.